The molecule has 0 unspecified atom stereocenters. The van der Waals surface area contributed by atoms with E-state index in [1.54, 1.807) is 24.3 Å². The molecule has 2 aromatic rings. The minimum Gasteiger partial charge on any atom is -0.349 e. The van der Waals surface area contributed by atoms with Gasteiger partial charge in [-0.15, -0.1) is 0 Å². The third-order valence-corrected chi connectivity index (χ3v) is 4.38. The van der Waals surface area contributed by atoms with E-state index >= 15 is 0 Å². The number of benzene rings is 2. The van der Waals surface area contributed by atoms with E-state index in [-0.39, 0.29) is 17.5 Å². The summed E-state index contributed by atoms with van der Waals surface area (Å²) in [5.41, 5.74) is 0.182. The van der Waals surface area contributed by atoms with E-state index in [9.17, 15) is 22.8 Å². The van der Waals surface area contributed by atoms with Gasteiger partial charge < -0.3 is 10.6 Å². The average Bonchev–Trinajstić information content (AvgIpc) is 3.44. The largest absolute Gasteiger partial charge is 0.417 e. The third-order valence-electron chi connectivity index (χ3n) is 4.05. The van der Waals surface area contributed by atoms with Crippen LogP contribution in [0.2, 0.25) is 5.02 Å². The number of carbonyl (C=O) groups excluding carboxylic acids is 2. The highest BCUT2D eigenvalue weighted by Crippen LogP contribution is 2.35. The van der Waals surface area contributed by atoms with Gasteiger partial charge in [0.15, 0.2) is 0 Å². The van der Waals surface area contributed by atoms with E-state index in [0.29, 0.717) is 11.3 Å². The van der Waals surface area contributed by atoms with Crippen molar-refractivity contribution in [3.63, 3.8) is 0 Å². The summed E-state index contributed by atoms with van der Waals surface area (Å²) in [5.74, 6) is -0.679. The molecule has 0 saturated heterocycles. The number of alkyl halides is 3. The highest BCUT2D eigenvalue weighted by Gasteiger charge is 2.33. The maximum atomic E-state index is 12.9. The van der Waals surface area contributed by atoms with Crippen molar-refractivity contribution in [1.82, 2.24) is 5.32 Å². The van der Waals surface area contributed by atoms with E-state index in [1.165, 1.54) is 12.1 Å². The van der Waals surface area contributed by atoms with Crippen LogP contribution in [-0.2, 0) is 11.0 Å². The van der Waals surface area contributed by atoms with Crippen LogP contribution in [0.25, 0.3) is 6.08 Å². The fourth-order valence-corrected chi connectivity index (χ4v) is 2.65. The van der Waals surface area contributed by atoms with Crippen LogP contribution < -0.4 is 10.6 Å². The fraction of sp³-hybridized carbons (Fsp3) is 0.200. The quantitative estimate of drug-likeness (QED) is 0.691. The molecule has 1 aliphatic rings. The van der Waals surface area contributed by atoms with Crippen LogP contribution in [0.15, 0.2) is 48.5 Å². The second-order valence-electron chi connectivity index (χ2n) is 6.38. The number of carbonyl (C=O) groups is 2. The Bertz CT molecular complexity index is 920. The molecule has 3 rings (SSSR count). The Morgan fingerprint density at radius 2 is 1.75 bits per heavy atom. The maximum Gasteiger partial charge on any atom is 0.417 e. The summed E-state index contributed by atoms with van der Waals surface area (Å²) in [6.45, 7) is 0. The first-order valence-corrected chi connectivity index (χ1v) is 8.87. The van der Waals surface area contributed by atoms with E-state index in [0.717, 1.165) is 31.1 Å². The fourth-order valence-electron chi connectivity index (χ4n) is 2.42. The second-order valence-corrected chi connectivity index (χ2v) is 6.79. The van der Waals surface area contributed by atoms with Gasteiger partial charge in [-0.25, -0.2) is 0 Å². The number of nitrogens with one attached hydrogen (secondary N) is 2. The van der Waals surface area contributed by atoms with Crippen molar-refractivity contribution in [2.75, 3.05) is 5.32 Å². The Labute approximate surface area is 164 Å². The van der Waals surface area contributed by atoms with Crippen LogP contribution in [0.4, 0.5) is 18.9 Å². The third kappa shape index (κ3) is 5.36. The molecule has 0 bridgehead atoms. The smallest absolute Gasteiger partial charge is 0.349 e. The van der Waals surface area contributed by atoms with Gasteiger partial charge in [0.1, 0.15) is 0 Å². The summed E-state index contributed by atoms with van der Waals surface area (Å²) in [6, 6.07) is 9.98. The van der Waals surface area contributed by atoms with Gasteiger partial charge in [-0.1, -0.05) is 17.7 Å². The minimum atomic E-state index is -4.57. The Kier molecular flexibility index (Phi) is 5.74. The number of anilines is 1. The molecule has 1 fully saturated rings. The Balaban J connectivity index is 1.61. The molecule has 0 radical (unpaired) electrons. The van der Waals surface area contributed by atoms with Gasteiger partial charge >= 0.3 is 6.18 Å². The first kappa shape index (κ1) is 19.9. The summed E-state index contributed by atoms with van der Waals surface area (Å²) in [7, 11) is 0. The highest BCUT2D eigenvalue weighted by molar-refractivity contribution is 6.31. The van der Waals surface area contributed by atoms with Gasteiger partial charge in [-0.3, -0.25) is 9.59 Å². The first-order valence-electron chi connectivity index (χ1n) is 8.49. The molecule has 0 aliphatic heterocycles. The number of rotatable bonds is 5. The van der Waals surface area contributed by atoms with Gasteiger partial charge in [0.25, 0.3) is 5.91 Å². The zero-order valence-electron chi connectivity index (χ0n) is 14.5. The standard InChI is InChI=1S/C20H16ClF3N2O2/c21-17-9-1-12(11-16(17)20(22,23)24)2-10-18(27)25-14-5-3-13(4-6-14)19(28)26-15-7-8-15/h1-6,9-11,15H,7-8H2,(H,25,27)(H,26,28)/b10-2+. The molecule has 2 N–H and O–H groups in total. The van der Waals surface area contributed by atoms with Crippen LogP contribution in [0.5, 0.6) is 0 Å². The van der Waals surface area contributed by atoms with Crippen LogP contribution >= 0.6 is 11.6 Å². The lowest BCUT2D eigenvalue weighted by Crippen LogP contribution is -2.25. The molecule has 0 atom stereocenters. The molecule has 1 saturated carbocycles. The van der Waals surface area contributed by atoms with Crippen LogP contribution in [0.1, 0.15) is 34.3 Å². The molecule has 4 nitrogen and oxygen atoms in total. The van der Waals surface area contributed by atoms with Crippen LogP contribution in [0, 0.1) is 0 Å². The summed E-state index contributed by atoms with van der Waals surface area (Å²) < 4.78 is 38.6. The number of amides is 2. The van der Waals surface area contributed by atoms with Gasteiger partial charge in [-0.2, -0.15) is 13.2 Å². The van der Waals surface area contributed by atoms with Crippen LogP contribution in [-0.4, -0.2) is 17.9 Å². The molecule has 8 heteroatoms. The topological polar surface area (TPSA) is 58.2 Å². The maximum absolute atomic E-state index is 12.9. The van der Waals surface area contributed by atoms with E-state index in [2.05, 4.69) is 10.6 Å². The van der Waals surface area contributed by atoms with E-state index in [4.69, 9.17) is 11.6 Å². The monoisotopic (exact) mass is 408 g/mol. The Hall–Kier alpha value is -2.80. The number of halogens is 4. The lowest BCUT2D eigenvalue weighted by Gasteiger charge is -2.09. The second kappa shape index (κ2) is 8.06. The normalized spacial score (nSPS) is 14.1. The lowest BCUT2D eigenvalue weighted by atomic mass is 10.1. The van der Waals surface area contributed by atoms with Crippen molar-refractivity contribution in [3.05, 3.63) is 70.3 Å². The predicted octanol–water partition coefficient (Wildman–Crippen LogP) is 4.90. The molecule has 146 valence electrons. The van der Waals surface area contributed by atoms with Crippen molar-refractivity contribution in [3.8, 4) is 0 Å². The molecule has 0 spiro atoms. The zero-order valence-corrected chi connectivity index (χ0v) is 15.3. The first-order chi connectivity index (χ1) is 13.2. The molecular formula is C20H16ClF3N2O2. The summed E-state index contributed by atoms with van der Waals surface area (Å²) in [5, 5.41) is 5.04. The van der Waals surface area contributed by atoms with Gasteiger partial charge in [-0.05, 0) is 60.9 Å². The molecule has 0 heterocycles. The van der Waals surface area contributed by atoms with E-state index in [1.807, 2.05) is 0 Å². The predicted molar refractivity (Wildman–Crippen MR) is 101 cm³/mol. The van der Waals surface area contributed by atoms with Gasteiger partial charge in [0.05, 0.1) is 10.6 Å². The average molecular weight is 409 g/mol. The van der Waals surface area contributed by atoms with Crippen molar-refractivity contribution >= 4 is 35.2 Å². The minimum absolute atomic E-state index is 0.163. The summed E-state index contributed by atoms with van der Waals surface area (Å²) in [4.78, 5) is 23.9. The number of hydrogen-bond acceptors (Lipinski definition) is 2. The zero-order chi connectivity index (χ0) is 20.3. The highest BCUT2D eigenvalue weighted by atomic mass is 35.5. The number of hydrogen-bond donors (Lipinski definition) is 2. The van der Waals surface area contributed by atoms with Crippen molar-refractivity contribution in [2.24, 2.45) is 0 Å². The molecule has 28 heavy (non-hydrogen) atoms. The van der Waals surface area contributed by atoms with Crippen molar-refractivity contribution in [1.29, 1.82) is 0 Å². The summed E-state index contributed by atoms with van der Waals surface area (Å²) >= 11 is 5.57. The van der Waals surface area contributed by atoms with Crippen LogP contribution in [0.3, 0.4) is 0 Å². The molecule has 0 aromatic heterocycles. The van der Waals surface area contributed by atoms with E-state index < -0.39 is 22.7 Å². The lowest BCUT2D eigenvalue weighted by molar-refractivity contribution is -0.137. The summed E-state index contributed by atoms with van der Waals surface area (Å²) in [6.07, 6.45) is -0.208. The Morgan fingerprint density at radius 3 is 2.36 bits per heavy atom. The Morgan fingerprint density at radius 1 is 1.07 bits per heavy atom. The van der Waals surface area contributed by atoms with Crippen molar-refractivity contribution < 1.29 is 22.8 Å². The van der Waals surface area contributed by atoms with Crippen molar-refractivity contribution in [2.45, 2.75) is 25.1 Å². The molecule has 2 amide bonds. The molecule has 2 aromatic carbocycles. The molecule has 1 aliphatic carbocycles. The SMILES string of the molecule is O=C(/C=C/c1ccc(Cl)c(C(F)(F)F)c1)Nc1ccc(C(=O)NC2CC2)cc1. The van der Waals surface area contributed by atoms with Gasteiger partial charge in [0.2, 0.25) is 5.91 Å². The van der Waals surface area contributed by atoms with Gasteiger partial charge in [0, 0.05) is 23.4 Å². The molecular weight excluding hydrogens is 393 g/mol.